The zero-order valence-corrected chi connectivity index (χ0v) is 13.1. The quantitative estimate of drug-likeness (QED) is 0.655. The highest BCUT2D eigenvalue weighted by Crippen LogP contribution is 2.13. The molecular weight excluding hydrogens is 313 g/mol. The monoisotopic (exact) mass is 333 g/mol. The number of benzene rings is 1. The maximum atomic E-state index is 13.6. The number of aromatic nitrogens is 2. The number of nitrogens with one attached hydrogen (secondary N) is 3. The maximum Gasteiger partial charge on any atom is 0.319 e. The van der Waals surface area contributed by atoms with Crippen LogP contribution in [0.3, 0.4) is 0 Å². The highest BCUT2D eigenvalue weighted by Gasteiger charge is 2.31. The number of carbonyl (C=O) groups is 1. The van der Waals surface area contributed by atoms with E-state index >= 15 is 0 Å². The molecule has 4 N–H and O–H groups in total. The van der Waals surface area contributed by atoms with E-state index in [0.717, 1.165) is 6.54 Å². The van der Waals surface area contributed by atoms with Crippen molar-refractivity contribution < 1.29 is 14.3 Å². The molecule has 1 aromatic heterocycles. The summed E-state index contributed by atoms with van der Waals surface area (Å²) in [4.78, 5) is 11.9. The molecule has 2 heterocycles. The molecule has 1 atom stereocenters. The molecule has 1 aliphatic heterocycles. The van der Waals surface area contributed by atoms with E-state index in [-0.39, 0.29) is 18.9 Å². The summed E-state index contributed by atoms with van der Waals surface area (Å²) in [5, 5.41) is 22.6. The predicted molar refractivity (Wildman–Crippen MR) is 87.2 cm³/mol. The fraction of sp³-hybridized carbons (Fsp3) is 0.375. The van der Waals surface area contributed by atoms with Crippen molar-refractivity contribution >= 4 is 11.7 Å². The largest absolute Gasteiger partial charge is 0.387 e. The van der Waals surface area contributed by atoms with Crippen LogP contribution < -0.4 is 16.0 Å². The molecule has 1 fully saturated rings. The summed E-state index contributed by atoms with van der Waals surface area (Å²) in [6.07, 6.45) is 3.72. The second-order valence-electron chi connectivity index (χ2n) is 5.98. The van der Waals surface area contributed by atoms with Crippen molar-refractivity contribution in [1.29, 1.82) is 0 Å². The minimum absolute atomic E-state index is 0.176. The van der Waals surface area contributed by atoms with E-state index in [9.17, 15) is 14.3 Å². The van der Waals surface area contributed by atoms with Gasteiger partial charge in [-0.1, -0.05) is 18.2 Å². The lowest BCUT2D eigenvalue weighted by atomic mass is 10.0. The molecule has 3 rings (SSSR count). The normalized spacial score (nSPS) is 20.1. The van der Waals surface area contributed by atoms with Crippen LogP contribution in [0.1, 0.15) is 12.0 Å². The van der Waals surface area contributed by atoms with Gasteiger partial charge in [-0.25, -0.2) is 9.18 Å². The fourth-order valence-corrected chi connectivity index (χ4v) is 2.62. The maximum absolute atomic E-state index is 13.6. The molecular formula is C16H20FN5O2. The van der Waals surface area contributed by atoms with Gasteiger partial charge in [0, 0.05) is 24.8 Å². The number of carbonyl (C=O) groups excluding carboxylic acids is 1. The van der Waals surface area contributed by atoms with Gasteiger partial charge < -0.3 is 21.1 Å². The summed E-state index contributed by atoms with van der Waals surface area (Å²) in [6.45, 7) is 1.66. The van der Waals surface area contributed by atoms with Gasteiger partial charge in [0.15, 0.2) is 0 Å². The Balaban J connectivity index is 1.52. The molecule has 1 unspecified atom stereocenters. The van der Waals surface area contributed by atoms with E-state index in [4.69, 9.17) is 0 Å². The van der Waals surface area contributed by atoms with Crippen LogP contribution in [0.4, 0.5) is 14.9 Å². The first-order valence-electron chi connectivity index (χ1n) is 7.78. The van der Waals surface area contributed by atoms with E-state index in [2.05, 4.69) is 21.0 Å². The Kier molecular flexibility index (Phi) is 4.77. The number of β-amino-alcohol motifs (C(OH)–C–C–N with tert-alkyl or cyclic N) is 1. The Morgan fingerprint density at radius 1 is 1.46 bits per heavy atom. The summed E-state index contributed by atoms with van der Waals surface area (Å²) in [7, 11) is 0. The summed E-state index contributed by atoms with van der Waals surface area (Å²) in [6, 6.07) is 6.06. The van der Waals surface area contributed by atoms with E-state index in [1.807, 2.05) is 0 Å². The van der Waals surface area contributed by atoms with Gasteiger partial charge in [0.1, 0.15) is 5.82 Å². The zero-order valence-electron chi connectivity index (χ0n) is 13.1. The number of rotatable bonds is 5. The lowest BCUT2D eigenvalue weighted by molar-refractivity contribution is 0.0640. The minimum atomic E-state index is -0.896. The molecule has 1 aromatic carbocycles. The molecule has 0 aliphatic carbocycles. The van der Waals surface area contributed by atoms with Crippen molar-refractivity contribution in [2.75, 3.05) is 25.0 Å². The van der Waals surface area contributed by atoms with Gasteiger partial charge in [-0.05, 0) is 19.0 Å². The average Bonchev–Trinajstić information content (AvgIpc) is 3.18. The van der Waals surface area contributed by atoms with Crippen molar-refractivity contribution in [3.8, 4) is 0 Å². The van der Waals surface area contributed by atoms with E-state index in [1.54, 1.807) is 29.1 Å². The number of hydrogen-bond donors (Lipinski definition) is 4. The van der Waals surface area contributed by atoms with Gasteiger partial charge in [-0.3, -0.25) is 4.68 Å². The molecule has 128 valence electrons. The van der Waals surface area contributed by atoms with Crippen molar-refractivity contribution in [3.05, 3.63) is 48.0 Å². The highest BCUT2D eigenvalue weighted by atomic mass is 19.1. The van der Waals surface area contributed by atoms with E-state index in [0.29, 0.717) is 24.2 Å². The molecule has 1 saturated heterocycles. The second-order valence-corrected chi connectivity index (χ2v) is 5.98. The van der Waals surface area contributed by atoms with Crippen LogP contribution in [0.2, 0.25) is 0 Å². The zero-order chi connectivity index (χ0) is 17.0. The fourth-order valence-electron chi connectivity index (χ4n) is 2.62. The Bertz CT molecular complexity index is 712. The van der Waals surface area contributed by atoms with E-state index < -0.39 is 11.6 Å². The van der Waals surface area contributed by atoms with Crippen molar-refractivity contribution in [1.82, 2.24) is 20.4 Å². The predicted octanol–water partition coefficient (Wildman–Crippen LogP) is 0.916. The first-order valence-corrected chi connectivity index (χ1v) is 7.78. The highest BCUT2D eigenvalue weighted by molar-refractivity contribution is 5.88. The molecule has 8 heteroatoms. The average molecular weight is 333 g/mol. The molecule has 2 aromatic rings. The molecule has 0 bridgehead atoms. The lowest BCUT2D eigenvalue weighted by Crippen LogP contribution is -2.45. The number of anilines is 1. The third kappa shape index (κ3) is 4.09. The van der Waals surface area contributed by atoms with Crippen LogP contribution in [0.15, 0.2) is 36.7 Å². The van der Waals surface area contributed by atoms with Crippen LogP contribution in [0.25, 0.3) is 0 Å². The van der Waals surface area contributed by atoms with Crippen LogP contribution in [0.5, 0.6) is 0 Å². The third-order valence-electron chi connectivity index (χ3n) is 3.98. The third-order valence-corrected chi connectivity index (χ3v) is 3.98. The van der Waals surface area contributed by atoms with Crippen LogP contribution >= 0.6 is 0 Å². The van der Waals surface area contributed by atoms with Crippen molar-refractivity contribution in [2.45, 2.75) is 18.6 Å². The van der Waals surface area contributed by atoms with Crippen molar-refractivity contribution in [2.24, 2.45) is 0 Å². The number of halogens is 1. The second kappa shape index (κ2) is 6.98. The number of nitrogens with zero attached hydrogens (tertiary/aromatic N) is 2. The Morgan fingerprint density at radius 3 is 3.04 bits per heavy atom. The molecule has 0 radical (unpaired) electrons. The lowest BCUT2D eigenvalue weighted by Gasteiger charge is -2.21. The van der Waals surface area contributed by atoms with Gasteiger partial charge in [-0.2, -0.15) is 5.10 Å². The van der Waals surface area contributed by atoms with Crippen LogP contribution in [0, 0.1) is 5.82 Å². The number of amides is 2. The van der Waals surface area contributed by atoms with Gasteiger partial charge >= 0.3 is 6.03 Å². The standard InChI is InChI=1S/C16H20FN5O2/c17-14-4-2-1-3-12(14)8-22-9-13(7-20-22)21-15(23)19-11-16(24)5-6-18-10-16/h1-4,7,9,18,24H,5-6,8,10-11H2,(H2,19,21,23). The van der Waals surface area contributed by atoms with E-state index in [1.165, 1.54) is 12.3 Å². The molecule has 24 heavy (non-hydrogen) atoms. The molecule has 0 spiro atoms. The van der Waals surface area contributed by atoms with Crippen LogP contribution in [-0.2, 0) is 6.54 Å². The first-order chi connectivity index (χ1) is 11.5. The van der Waals surface area contributed by atoms with Crippen LogP contribution in [-0.4, -0.2) is 46.2 Å². The number of hydrogen-bond acceptors (Lipinski definition) is 4. The van der Waals surface area contributed by atoms with Gasteiger partial charge in [-0.15, -0.1) is 0 Å². The summed E-state index contributed by atoms with van der Waals surface area (Å²) in [5.41, 5.74) is 0.125. The molecule has 1 aliphatic rings. The number of urea groups is 1. The molecule has 0 saturated carbocycles. The summed E-state index contributed by atoms with van der Waals surface area (Å²) < 4.78 is 15.2. The summed E-state index contributed by atoms with van der Waals surface area (Å²) in [5.74, 6) is -0.293. The minimum Gasteiger partial charge on any atom is -0.387 e. The summed E-state index contributed by atoms with van der Waals surface area (Å²) >= 11 is 0. The first kappa shape index (κ1) is 16.4. The molecule has 7 nitrogen and oxygen atoms in total. The Hall–Kier alpha value is -2.45. The smallest absolute Gasteiger partial charge is 0.319 e. The Labute approximate surface area is 138 Å². The number of aliphatic hydroxyl groups is 1. The molecule has 2 amide bonds. The Morgan fingerprint density at radius 2 is 2.29 bits per heavy atom. The SMILES string of the molecule is O=C(NCC1(O)CCNC1)Nc1cnn(Cc2ccccc2F)c1. The van der Waals surface area contributed by atoms with Crippen molar-refractivity contribution in [3.63, 3.8) is 0 Å². The van der Waals surface area contributed by atoms with Gasteiger partial charge in [0.25, 0.3) is 0 Å². The van der Waals surface area contributed by atoms with Gasteiger partial charge in [0.05, 0.1) is 24.0 Å². The van der Waals surface area contributed by atoms with Gasteiger partial charge in [0.2, 0.25) is 0 Å². The topological polar surface area (TPSA) is 91.2 Å².